The van der Waals surface area contributed by atoms with E-state index in [0.29, 0.717) is 5.56 Å². The van der Waals surface area contributed by atoms with Crippen LogP contribution in [0.2, 0.25) is 0 Å². The molecule has 6 nitrogen and oxygen atoms in total. The minimum atomic E-state index is -0.980. The molecule has 190 valence electrons. The molecule has 0 saturated heterocycles. The number of hydrogen-bond donors (Lipinski definition) is 1. The second-order valence-electron chi connectivity index (χ2n) is 9.23. The van der Waals surface area contributed by atoms with Crippen LogP contribution in [0.4, 0.5) is 0 Å². The van der Waals surface area contributed by atoms with E-state index in [4.69, 9.17) is 9.72 Å². The number of rotatable bonds is 8. The average molecular weight is 505 g/mol. The van der Waals surface area contributed by atoms with Crippen LogP contribution >= 0.6 is 0 Å². The number of benzene rings is 3. The Labute approximate surface area is 221 Å². The first-order chi connectivity index (χ1) is 18.4. The molecule has 0 fully saturated rings. The number of pyridine rings is 1. The highest BCUT2D eigenvalue weighted by atomic mass is 16.5. The summed E-state index contributed by atoms with van der Waals surface area (Å²) in [5, 5.41) is 9.62. The van der Waals surface area contributed by atoms with Gasteiger partial charge < -0.3 is 9.84 Å². The zero-order chi connectivity index (χ0) is 26.6. The molecule has 0 aliphatic rings. The van der Waals surface area contributed by atoms with E-state index in [1.165, 1.54) is 0 Å². The van der Waals surface area contributed by atoms with Gasteiger partial charge >= 0.3 is 11.9 Å². The largest absolute Gasteiger partial charge is 0.478 e. The summed E-state index contributed by atoms with van der Waals surface area (Å²) in [6, 6.07) is 27.9. The highest BCUT2D eigenvalue weighted by Gasteiger charge is 2.24. The summed E-state index contributed by atoms with van der Waals surface area (Å²) in [7, 11) is 0. The van der Waals surface area contributed by atoms with Crippen molar-refractivity contribution in [2.24, 2.45) is 0 Å². The van der Waals surface area contributed by atoms with Crippen molar-refractivity contribution in [1.29, 1.82) is 0 Å². The Bertz CT molecular complexity index is 1600. The molecule has 38 heavy (non-hydrogen) atoms. The lowest BCUT2D eigenvalue weighted by Gasteiger charge is -2.21. The van der Waals surface area contributed by atoms with Gasteiger partial charge in [-0.05, 0) is 53.3 Å². The van der Waals surface area contributed by atoms with Gasteiger partial charge in [0.25, 0.3) is 0 Å². The smallest absolute Gasteiger partial charge is 0.336 e. The standard InChI is InChI=1S/C32H28N2O4/c1-3-25-20-34-28(18-13-21(2)31(34)33-25)30(38-29(35)19-22-9-5-4-6-10-22)24-16-14-23(15-17-24)26-11-7-8-12-27(26)32(36)37/h4-18,20,30H,3,19H2,1-2H3,(H,36,37)/t30-/m1/s1. The molecule has 1 atom stereocenters. The molecule has 0 saturated carbocycles. The Morgan fingerprint density at radius 2 is 1.63 bits per heavy atom. The number of carboxylic acid groups (broad SMARTS) is 1. The number of fused-ring (bicyclic) bond motifs is 1. The molecule has 0 aliphatic carbocycles. The van der Waals surface area contributed by atoms with Crippen LogP contribution in [0.3, 0.4) is 0 Å². The van der Waals surface area contributed by atoms with Gasteiger partial charge in [-0.2, -0.15) is 0 Å². The molecule has 6 heteroatoms. The number of aromatic nitrogens is 2. The highest BCUT2D eigenvalue weighted by molar-refractivity contribution is 5.96. The maximum Gasteiger partial charge on any atom is 0.336 e. The van der Waals surface area contributed by atoms with Crippen molar-refractivity contribution >= 4 is 17.6 Å². The Balaban J connectivity index is 1.56. The lowest BCUT2D eigenvalue weighted by Crippen LogP contribution is -2.17. The molecule has 0 bridgehead atoms. The number of ether oxygens (including phenoxy) is 1. The van der Waals surface area contributed by atoms with Crippen molar-refractivity contribution in [3.8, 4) is 11.1 Å². The summed E-state index contributed by atoms with van der Waals surface area (Å²) in [6.07, 6.45) is 2.25. The van der Waals surface area contributed by atoms with Gasteiger partial charge in [0.2, 0.25) is 0 Å². The lowest BCUT2D eigenvalue weighted by molar-refractivity contribution is -0.146. The summed E-state index contributed by atoms with van der Waals surface area (Å²) < 4.78 is 8.15. The monoisotopic (exact) mass is 504 g/mol. The number of nitrogens with zero attached hydrogens (tertiary/aromatic N) is 2. The highest BCUT2D eigenvalue weighted by Crippen LogP contribution is 2.31. The molecule has 0 amide bonds. The van der Waals surface area contributed by atoms with Gasteiger partial charge in [0.1, 0.15) is 5.65 Å². The van der Waals surface area contributed by atoms with Crippen molar-refractivity contribution in [2.45, 2.75) is 32.8 Å². The summed E-state index contributed by atoms with van der Waals surface area (Å²) >= 11 is 0. The number of hydrogen-bond acceptors (Lipinski definition) is 4. The van der Waals surface area contributed by atoms with Crippen LogP contribution in [-0.4, -0.2) is 26.4 Å². The van der Waals surface area contributed by atoms with Crippen LogP contribution in [-0.2, 0) is 22.4 Å². The number of carbonyl (C=O) groups is 2. The normalized spacial score (nSPS) is 11.8. The maximum atomic E-state index is 13.1. The van der Waals surface area contributed by atoms with Crippen LogP contribution in [0.5, 0.6) is 0 Å². The average Bonchev–Trinajstić information content (AvgIpc) is 3.39. The third-order valence-electron chi connectivity index (χ3n) is 6.64. The molecule has 0 aliphatic heterocycles. The first kappa shape index (κ1) is 25.0. The van der Waals surface area contributed by atoms with E-state index < -0.39 is 12.1 Å². The second kappa shape index (κ2) is 10.7. The van der Waals surface area contributed by atoms with Crippen molar-refractivity contribution in [3.05, 3.63) is 131 Å². The molecule has 1 N–H and O–H groups in total. The maximum absolute atomic E-state index is 13.1. The SMILES string of the molecule is CCc1cn2c([C@H](OC(=O)Cc3ccccc3)c3ccc(-c4ccccc4C(=O)O)cc3)ccc(C)c2n1. The van der Waals surface area contributed by atoms with E-state index >= 15 is 0 Å². The number of aryl methyl sites for hydroxylation is 2. The molecule has 3 aromatic carbocycles. The Morgan fingerprint density at radius 3 is 2.34 bits per heavy atom. The summed E-state index contributed by atoms with van der Waals surface area (Å²) in [4.78, 5) is 29.6. The molecule has 2 heterocycles. The van der Waals surface area contributed by atoms with E-state index in [1.807, 2.05) is 90.3 Å². The van der Waals surface area contributed by atoms with Gasteiger partial charge in [0.15, 0.2) is 6.10 Å². The van der Waals surface area contributed by atoms with Crippen LogP contribution in [0.15, 0.2) is 97.2 Å². The van der Waals surface area contributed by atoms with Crippen molar-refractivity contribution < 1.29 is 19.4 Å². The lowest BCUT2D eigenvalue weighted by atomic mass is 9.96. The van der Waals surface area contributed by atoms with E-state index in [9.17, 15) is 14.7 Å². The third kappa shape index (κ3) is 5.06. The molecule has 5 aromatic rings. The first-order valence-electron chi connectivity index (χ1n) is 12.6. The molecule has 2 aromatic heterocycles. The van der Waals surface area contributed by atoms with Crippen LogP contribution < -0.4 is 0 Å². The van der Waals surface area contributed by atoms with Crippen LogP contribution in [0.1, 0.15) is 51.5 Å². The fourth-order valence-electron chi connectivity index (χ4n) is 4.65. The number of esters is 1. The fraction of sp³-hybridized carbons (Fsp3) is 0.156. The van der Waals surface area contributed by atoms with Crippen molar-refractivity contribution in [3.63, 3.8) is 0 Å². The van der Waals surface area contributed by atoms with Crippen LogP contribution in [0, 0.1) is 6.92 Å². The quantitative estimate of drug-likeness (QED) is 0.246. The zero-order valence-electron chi connectivity index (χ0n) is 21.3. The topological polar surface area (TPSA) is 80.9 Å². The Kier molecular flexibility index (Phi) is 7.05. The number of carboxylic acids is 1. The number of aromatic carboxylic acids is 1. The van der Waals surface area contributed by atoms with E-state index in [1.54, 1.807) is 18.2 Å². The van der Waals surface area contributed by atoms with E-state index in [2.05, 4.69) is 6.92 Å². The molecule has 0 spiro atoms. The summed E-state index contributed by atoms with van der Waals surface area (Å²) in [5.74, 6) is -1.32. The molecular formula is C32H28N2O4. The van der Waals surface area contributed by atoms with E-state index in [-0.39, 0.29) is 18.0 Å². The minimum absolute atomic E-state index is 0.153. The van der Waals surface area contributed by atoms with Gasteiger partial charge in [0, 0.05) is 6.20 Å². The molecule has 5 rings (SSSR count). The fourth-order valence-corrected chi connectivity index (χ4v) is 4.65. The van der Waals surface area contributed by atoms with E-state index in [0.717, 1.165) is 45.7 Å². The Morgan fingerprint density at radius 1 is 0.921 bits per heavy atom. The number of imidazole rings is 1. The minimum Gasteiger partial charge on any atom is -0.478 e. The molecule has 0 radical (unpaired) electrons. The summed E-state index contributed by atoms with van der Waals surface area (Å²) in [5.41, 5.74) is 6.89. The third-order valence-corrected chi connectivity index (χ3v) is 6.64. The first-order valence-corrected chi connectivity index (χ1v) is 12.6. The summed E-state index contributed by atoms with van der Waals surface area (Å²) in [6.45, 7) is 4.07. The van der Waals surface area contributed by atoms with Gasteiger partial charge in [-0.25, -0.2) is 9.78 Å². The molecule has 0 unspecified atom stereocenters. The van der Waals surface area contributed by atoms with Crippen molar-refractivity contribution in [2.75, 3.05) is 0 Å². The predicted molar refractivity (Wildman–Crippen MR) is 146 cm³/mol. The number of carbonyl (C=O) groups excluding carboxylic acids is 1. The van der Waals surface area contributed by atoms with Crippen molar-refractivity contribution in [1.82, 2.24) is 9.38 Å². The van der Waals surface area contributed by atoms with Gasteiger partial charge in [-0.1, -0.05) is 85.8 Å². The Hall–Kier alpha value is -4.71. The van der Waals surface area contributed by atoms with Gasteiger partial charge in [-0.15, -0.1) is 0 Å². The molecular weight excluding hydrogens is 476 g/mol. The van der Waals surface area contributed by atoms with Gasteiger partial charge in [-0.3, -0.25) is 9.20 Å². The predicted octanol–water partition coefficient (Wildman–Crippen LogP) is 6.45. The zero-order valence-corrected chi connectivity index (χ0v) is 21.3. The van der Waals surface area contributed by atoms with Gasteiger partial charge in [0.05, 0.1) is 23.4 Å². The second-order valence-corrected chi connectivity index (χ2v) is 9.23. The van der Waals surface area contributed by atoms with Crippen LogP contribution in [0.25, 0.3) is 16.8 Å².